The topological polar surface area (TPSA) is 28.2 Å². The average Bonchev–Trinajstić information content (AvgIpc) is 2.35. The van der Waals surface area contributed by atoms with Gasteiger partial charge in [0.05, 0.1) is 5.52 Å². The van der Waals surface area contributed by atoms with Gasteiger partial charge in [-0.3, -0.25) is 4.98 Å². The van der Waals surface area contributed by atoms with Crippen molar-refractivity contribution in [2.75, 3.05) is 32.6 Å². The highest BCUT2D eigenvalue weighted by molar-refractivity contribution is 6.31. The molecule has 4 heteroatoms. The highest BCUT2D eigenvalue weighted by Gasteiger charge is 2.08. The smallest absolute Gasteiger partial charge is 0.0727 e. The zero-order valence-electron chi connectivity index (χ0n) is 11.0. The van der Waals surface area contributed by atoms with Crippen LogP contribution in [0.15, 0.2) is 24.3 Å². The van der Waals surface area contributed by atoms with Gasteiger partial charge in [-0.1, -0.05) is 11.6 Å². The molecule has 3 nitrogen and oxygen atoms in total. The molecular weight excluding hydrogens is 246 g/mol. The maximum atomic E-state index is 6.06. The Balaban J connectivity index is 2.55. The molecule has 0 aliphatic carbocycles. The fraction of sp³-hybridized carbons (Fsp3) is 0.357. The van der Waals surface area contributed by atoms with Crippen LogP contribution in [0.2, 0.25) is 5.02 Å². The minimum absolute atomic E-state index is 0.746. The zero-order valence-corrected chi connectivity index (χ0v) is 11.8. The summed E-state index contributed by atoms with van der Waals surface area (Å²) in [6.45, 7) is 0.930. The molecule has 0 amide bonds. The van der Waals surface area contributed by atoms with Gasteiger partial charge in [0.25, 0.3) is 0 Å². The number of fused-ring (bicyclic) bond motifs is 1. The quantitative estimate of drug-likeness (QED) is 0.919. The van der Waals surface area contributed by atoms with Crippen molar-refractivity contribution in [1.82, 2.24) is 10.3 Å². The van der Waals surface area contributed by atoms with Crippen molar-refractivity contribution in [2.45, 2.75) is 6.42 Å². The first-order valence-corrected chi connectivity index (χ1v) is 6.40. The van der Waals surface area contributed by atoms with Gasteiger partial charge in [0.2, 0.25) is 0 Å². The Morgan fingerprint density at radius 1 is 1.28 bits per heavy atom. The summed E-state index contributed by atoms with van der Waals surface area (Å²) in [5.74, 6) is 0. The Hall–Kier alpha value is -1.32. The monoisotopic (exact) mass is 263 g/mol. The van der Waals surface area contributed by atoms with E-state index in [1.165, 1.54) is 0 Å². The minimum atomic E-state index is 0.746. The van der Waals surface area contributed by atoms with E-state index in [0.717, 1.165) is 40.3 Å². The van der Waals surface area contributed by atoms with Gasteiger partial charge in [0, 0.05) is 48.9 Å². The number of halogens is 1. The van der Waals surface area contributed by atoms with Crippen LogP contribution >= 0.6 is 11.6 Å². The number of pyridine rings is 1. The molecule has 0 fully saturated rings. The number of rotatable bonds is 4. The molecule has 18 heavy (non-hydrogen) atoms. The van der Waals surface area contributed by atoms with Crippen molar-refractivity contribution < 1.29 is 0 Å². The number of likely N-dealkylation sites (N-methyl/N-ethyl adjacent to an activating group) is 1. The molecule has 0 atom stereocenters. The standard InChI is InChI=1S/C14H18ClN3/c1-16-7-6-11-9-14(18(2)3)12-8-10(15)4-5-13(12)17-11/h4-5,8-9,16H,6-7H2,1-3H3. The lowest BCUT2D eigenvalue weighted by atomic mass is 10.1. The van der Waals surface area contributed by atoms with Crippen molar-refractivity contribution in [1.29, 1.82) is 0 Å². The molecule has 2 aromatic rings. The van der Waals surface area contributed by atoms with E-state index in [2.05, 4.69) is 21.3 Å². The summed E-state index contributed by atoms with van der Waals surface area (Å²) in [5.41, 5.74) is 3.26. The molecule has 0 bridgehead atoms. The molecule has 1 aromatic heterocycles. The summed E-state index contributed by atoms with van der Waals surface area (Å²) < 4.78 is 0. The molecule has 0 saturated carbocycles. The highest BCUT2D eigenvalue weighted by Crippen LogP contribution is 2.28. The summed E-state index contributed by atoms with van der Waals surface area (Å²) >= 11 is 6.06. The Labute approximate surface area is 113 Å². The number of hydrogen-bond donors (Lipinski definition) is 1. The number of nitrogens with one attached hydrogen (secondary N) is 1. The lowest BCUT2D eigenvalue weighted by Crippen LogP contribution is -2.13. The molecule has 2 rings (SSSR count). The van der Waals surface area contributed by atoms with E-state index in [4.69, 9.17) is 11.6 Å². The summed E-state index contributed by atoms with van der Waals surface area (Å²) in [5, 5.41) is 4.99. The summed E-state index contributed by atoms with van der Waals surface area (Å²) in [6.07, 6.45) is 0.926. The van der Waals surface area contributed by atoms with Crippen LogP contribution in [0.4, 0.5) is 5.69 Å². The fourth-order valence-corrected chi connectivity index (χ4v) is 2.16. The number of nitrogens with zero attached hydrogens (tertiary/aromatic N) is 2. The Kier molecular flexibility index (Phi) is 4.04. The van der Waals surface area contributed by atoms with Crippen LogP contribution in [0.3, 0.4) is 0 Å². The number of hydrogen-bond acceptors (Lipinski definition) is 3. The van der Waals surface area contributed by atoms with Gasteiger partial charge in [-0.2, -0.15) is 0 Å². The van der Waals surface area contributed by atoms with Crippen molar-refractivity contribution in [3.63, 3.8) is 0 Å². The van der Waals surface area contributed by atoms with Gasteiger partial charge in [-0.15, -0.1) is 0 Å². The first kappa shape index (κ1) is 13.1. The van der Waals surface area contributed by atoms with Gasteiger partial charge in [0.1, 0.15) is 0 Å². The number of aromatic nitrogens is 1. The first-order chi connectivity index (χ1) is 8.61. The molecule has 0 saturated heterocycles. The number of benzene rings is 1. The van der Waals surface area contributed by atoms with E-state index in [1.807, 2.05) is 39.3 Å². The van der Waals surface area contributed by atoms with Crippen LogP contribution in [0, 0.1) is 0 Å². The third kappa shape index (κ3) is 2.74. The fourth-order valence-electron chi connectivity index (χ4n) is 1.98. The van der Waals surface area contributed by atoms with E-state index in [-0.39, 0.29) is 0 Å². The molecule has 0 unspecified atom stereocenters. The second kappa shape index (κ2) is 5.55. The second-order valence-corrected chi connectivity index (χ2v) is 4.98. The zero-order chi connectivity index (χ0) is 13.1. The Bertz CT molecular complexity index is 552. The van der Waals surface area contributed by atoms with Crippen molar-refractivity contribution in [3.05, 3.63) is 35.0 Å². The normalized spacial score (nSPS) is 10.9. The largest absolute Gasteiger partial charge is 0.377 e. The SMILES string of the molecule is CNCCc1cc(N(C)C)c2cc(Cl)ccc2n1. The second-order valence-electron chi connectivity index (χ2n) is 4.54. The lowest BCUT2D eigenvalue weighted by molar-refractivity contribution is 0.779. The summed E-state index contributed by atoms with van der Waals surface area (Å²) in [6, 6.07) is 7.97. The van der Waals surface area contributed by atoms with E-state index in [9.17, 15) is 0 Å². The van der Waals surface area contributed by atoms with Crippen LogP contribution in [0.1, 0.15) is 5.69 Å². The maximum Gasteiger partial charge on any atom is 0.0727 e. The van der Waals surface area contributed by atoms with Crippen LogP contribution in [-0.2, 0) is 6.42 Å². The maximum absolute atomic E-state index is 6.06. The summed E-state index contributed by atoms with van der Waals surface area (Å²) in [4.78, 5) is 6.77. The van der Waals surface area contributed by atoms with E-state index in [1.54, 1.807) is 0 Å². The first-order valence-electron chi connectivity index (χ1n) is 6.03. The van der Waals surface area contributed by atoms with Crippen LogP contribution in [0.5, 0.6) is 0 Å². The van der Waals surface area contributed by atoms with Crippen molar-refractivity contribution >= 4 is 28.2 Å². The molecule has 1 heterocycles. The Morgan fingerprint density at radius 3 is 2.72 bits per heavy atom. The van der Waals surface area contributed by atoms with Gasteiger partial charge < -0.3 is 10.2 Å². The predicted molar refractivity (Wildman–Crippen MR) is 78.7 cm³/mol. The van der Waals surface area contributed by atoms with Gasteiger partial charge >= 0.3 is 0 Å². The average molecular weight is 264 g/mol. The van der Waals surface area contributed by atoms with Crippen LogP contribution < -0.4 is 10.2 Å². The molecule has 0 radical (unpaired) electrons. The minimum Gasteiger partial charge on any atom is -0.377 e. The molecule has 0 aliphatic rings. The molecule has 1 N–H and O–H groups in total. The molecule has 0 spiro atoms. The highest BCUT2D eigenvalue weighted by atomic mass is 35.5. The van der Waals surface area contributed by atoms with Gasteiger partial charge in [-0.05, 0) is 31.3 Å². The molecule has 1 aromatic carbocycles. The van der Waals surface area contributed by atoms with Crippen molar-refractivity contribution in [3.8, 4) is 0 Å². The third-order valence-electron chi connectivity index (χ3n) is 2.91. The van der Waals surface area contributed by atoms with Crippen LogP contribution in [0.25, 0.3) is 10.9 Å². The molecular formula is C14H18ClN3. The van der Waals surface area contributed by atoms with Crippen molar-refractivity contribution in [2.24, 2.45) is 0 Å². The molecule has 96 valence electrons. The van der Waals surface area contributed by atoms with E-state index < -0.39 is 0 Å². The number of anilines is 1. The van der Waals surface area contributed by atoms with Gasteiger partial charge in [-0.25, -0.2) is 0 Å². The third-order valence-corrected chi connectivity index (χ3v) is 3.15. The molecule has 0 aliphatic heterocycles. The predicted octanol–water partition coefficient (Wildman–Crippen LogP) is 2.72. The van der Waals surface area contributed by atoms with E-state index >= 15 is 0 Å². The van der Waals surface area contributed by atoms with Gasteiger partial charge in [0.15, 0.2) is 0 Å². The Morgan fingerprint density at radius 2 is 2.06 bits per heavy atom. The van der Waals surface area contributed by atoms with E-state index in [0.29, 0.717) is 0 Å². The summed E-state index contributed by atoms with van der Waals surface area (Å²) in [7, 11) is 6.03. The lowest BCUT2D eigenvalue weighted by Gasteiger charge is -2.17. The van der Waals surface area contributed by atoms with Crippen LogP contribution in [-0.4, -0.2) is 32.7 Å².